The van der Waals surface area contributed by atoms with Gasteiger partial charge in [-0.2, -0.15) is 0 Å². The molecular formula is C11H11ClF2O4S. The van der Waals surface area contributed by atoms with Crippen molar-refractivity contribution in [3.05, 3.63) is 29.8 Å². The number of esters is 1. The van der Waals surface area contributed by atoms with Crippen LogP contribution in [0.3, 0.4) is 0 Å². The van der Waals surface area contributed by atoms with Crippen LogP contribution in [0.2, 0.25) is 0 Å². The Morgan fingerprint density at radius 1 is 1.32 bits per heavy atom. The van der Waals surface area contributed by atoms with Gasteiger partial charge in [-0.15, -0.1) is 0 Å². The van der Waals surface area contributed by atoms with Crippen molar-refractivity contribution in [3.63, 3.8) is 0 Å². The average Bonchev–Trinajstić information content (AvgIpc) is 2.34. The molecule has 0 aliphatic carbocycles. The molecule has 0 amide bonds. The van der Waals surface area contributed by atoms with E-state index in [9.17, 15) is 22.0 Å². The molecule has 1 atom stereocenters. The number of halogens is 3. The van der Waals surface area contributed by atoms with Crippen molar-refractivity contribution in [3.8, 4) is 0 Å². The molecular weight excluding hydrogens is 302 g/mol. The molecule has 0 aliphatic rings. The topological polar surface area (TPSA) is 60.4 Å². The molecule has 0 saturated carbocycles. The first-order valence-corrected chi connectivity index (χ1v) is 7.46. The molecule has 1 aromatic rings. The Balaban J connectivity index is 3.01. The minimum absolute atomic E-state index is 0.143. The summed E-state index contributed by atoms with van der Waals surface area (Å²) in [7, 11) is 2.31. The van der Waals surface area contributed by atoms with E-state index in [0.717, 1.165) is 19.2 Å². The highest BCUT2D eigenvalue weighted by atomic mass is 35.7. The molecule has 106 valence electrons. The van der Waals surface area contributed by atoms with E-state index in [1.165, 1.54) is 12.1 Å². The minimum Gasteiger partial charge on any atom is -0.469 e. The van der Waals surface area contributed by atoms with Gasteiger partial charge < -0.3 is 4.74 Å². The van der Waals surface area contributed by atoms with Crippen LogP contribution in [0.5, 0.6) is 0 Å². The van der Waals surface area contributed by atoms with Gasteiger partial charge >= 0.3 is 5.97 Å². The van der Waals surface area contributed by atoms with Crippen molar-refractivity contribution < 1.29 is 26.7 Å². The Labute approximate surface area is 113 Å². The molecule has 4 nitrogen and oxygen atoms in total. The number of benzene rings is 1. The van der Waals surface area contributed by atoms with Crippen LogP contribution in [0, 0.1) is 0 Å². The molecule has 0 spiro atoms. The number of rotatable bonds is 5. The zero-order valence-corrected chi connectivity index (χ0v) is 11.4. The number of alkyl halides is 2. The Bertz CT molecular complexity index is 542. The van der Waals surface area contributed by atoms with Crippen LogP contribution in [-0.4, -0.2) is 27.9 Å². The van der Waals surface area contributed by atoms with E-state index in [-0.39, 0.29) is 10.5 Å². The van der Waals surface area contributed by atoms with E-state index >= 15 is 0 Å². The van der Waals surface area contributed by atoms with Gasteiger partial charge in [0, 0.05) is 10.7 Å². The zero-order valence-electron chi connectivity index (χ0n) is 9.85. The van der Waals surface area contributed by atoms with Gasteiger partial charge in [0.05, 0.1) is 24.3 Å². The number of hydrogen-bond donors (Lipinski definition) is 0. The molecule has 0 heterocycles. The second-order valence-corrected chi connectivity index (χ2v) is 6.29. The number of methoxy groups -OCH3 is 1. The summed E-state index contributed by atoms with van der Waals surface area (Å²) in [6.07, 6.45) is -3.25. The molecule has 8 heteroatoms. The molecule has 1 rings (SSSR count). The van der Waals surface area contributed by atoms with Crippen molar-refractivity contribution in [1.82, 2.24) is 0 Å². The fraction of sp³-hybridized carbons (Fsp3) is 0.364. The predicted molar refractivity (Wildman–Crippen MR) is 64.9 cm³/mol. The van der Waals surface area contributed by atoms with Gasteiger partial charge in [0.2, 0.25) is 6.43 Å². The average molecular weight is 313 g/mol. The summed E-state index contributed by atoms with van der Waals surface area (Å²) >= 11 is 0. The maximum atomic E-state index is 12.9. The van der Waals surface area contributed by atoms with Crippen LogP contribution in [0.1, 0.15) is 17.9 Å². The molecule has 0 radical (unpaired) electrons. The van der Waals surface area contributed by atoms with E-state index in [1.54, 1.807) is 0 Å². The van der Waals surface area contributed by atoms with E-state index in [4.69, 9.17) is 10.7 Å². The molecule has 1 aromatic carbocycles. The monoisotopic (exact) mass is 312 g/mol. The van der Waals surface area contributed by atoms with Gasteiger partial charge in [-0.3, -0.25) is 4.79 Å². The standard InChI is InChI=1S/C11H11ClF2O4S/c1-18-10(15)6-9(11(13)14)7-2-4-8(5-3-7)19(12,16)17/h2-5,9,11H,6H2,1H3. The van der Waals surface area contributed by atoms with Gasteiger partial charge in [-0.05, 0) is 17.7 Å². The third-order valence-electron chi connectivity index (χ3n) is 2.51. The SMILES string of the molecule is COC(=O)CC(c1ccc(S(=O)(=O)Cl)cc1)C(F)F. The zero-order chi connectivity index (χ0) is 14.6. The maximum absolute atomic E-state index is 12.9. The summed E-state index contributed by atoms with van der Waals surface area (Å²) in [5.74, 6) is -2.11. The van der Waals surface area contributed by atoms with Gasteiger partial charge in [0.15, 0.2) is 0 Å². The molecule has 0 saturated heterocycles. The Morgan fingerprint density at radius 2 is 1.84 bits per heavy atom. The third-order valence-corrected chi connectivity index (χ3v) is 3.88. The lowest BCUT2D eigenvalue weighted by molar-refractivity contribution is -0.142. The highest BCUT2D eigenvalue weighted by molar-refractivity contribution is 8.13. The normalized spacial score (nSPS) is 13.3. The van der Waals surface area contributed by atoms with Crippen LogP contribution in [-0.2, 0) is 18.6 Å². The summed E-state index contributed by atoms with van der Waals surface area (Å²) < 4.78 is 52.1. The lowest BCUT2D eigenvalue weighted by Gasteiger charge is -2.15. The fourth-order valence-corrected chi connectivity index (χ4v) is 2.26. The molecule has 1 unspecified atom stereocenters. The first-order chi connectivity index (χ1) is 8.75. The Kier molecular flexibility index (Phi) is 5.25. The Morgan fingerprint density at radius 3 is 2.21 bits per heavy atom. The maximum Gasteiger partial charge on any atom is 0.306 e. The quantitative estimate of drug-likeness (QED) is 0.619. The predicted octanol–water partition coefficient (Wildman–Crippen LogP) is 2.53. The van der Waals surface area contributed by atoms with Crippen LogP contribution >= 0.6 is 10.7 Å². The minimum atomic E-state index is -3.90. The second kappa shape index (κ2) is 6.29. The largest absolute Gasteiger partial charge is 0.469 e. The van der Waals surface area contributed by atoms with Crippen molar-refractivity contribution in [2.75, 3.05) is 7.11 Å². The molecule has 0 aromatic heterocycles. The van der Waals surface area contributed by atoms with Gasteiger partial charge in [0.1, 0.15) is 0 Å². The van der Waals surface area contributed by atoms with E-state index in [1.807, 2.05) is 0 Å². The molecule has 0 aliphatic heterocycles. The van der Waals surface area contributed by atoms with Crippen molar-refractivity contribution >= 4 is 25.7 Å². The van der Waals surface area contributed by atoms with E-state index < -0.39 is 33.8 Å². The smallest absolute Gasteiger partial charge is 0.306 e. The highest BCUT2D eigenvalue weighted by Crippen LogP contribution is 2.28. The van der Waals surface area contributed by atoms with E-state index in [2.05, 4.69) is 4.74 Å². The van der Waals surface area contributed by atoms with Crippen LogP contribution in [0.15, 0.2) is 29.2 Å². The molecule has 0 bridgehead atoms. The van der Waals surface area contributed by atoms with Crippen LogP contribution < -0.4 is 0 Å². The number of ether oxygens (including phenoxy) is 1. The summed E-state index contributed by atoms with van der Waals surface area (Å²) in [4.78, 5) is 10.9. The number of hydrogen-bond acceptors (Lipinski definition) is 4. The molecule has 0 fully saturated rings. The second-order valence-electron chi connectivity index (χ2n) is 3.73. The Hall–Kier alpha value is -1.21. The lowest BCUT2D eigenvalue weighted by Crippen LogP contribution is -2.15. The highest BCUT2D eigenvalue weighted by Gasteiger charge is 2.26. The van der Waals surface area contributed by atoms with Crippen LogP contribution in [0.4, 0.5) is 8.78 Å². The van der Waals surface area contributed by atoms with Crippen molar-refractivity contribution in [1.29, 1.82) is 0 Å². The summed E-state index contributed by atoms with van der Waals surface area (Å²) in [6.45, 7) is 0. The lowest BCUT2D eigenvalue weighted by atomic mass is 9.96. The molecule has 19 heavy (non-hydrogen) atoms. The summed E-state index contributed by atoms with van der Waals surface area (Å²) in [5.41, 5.74) is 0.143. The van der Waals surface area contributed by atoms with Crippen molar-refractivity contribution in [2.45, 2.75) is 23.7 Å². The first-order valence-electron chi connectivity index (χ1n) is 5.15. The van der Waals surface area contributed by atoms with Gasteiger partial charge in [-0.25, -0.2) is 17.2 Å². The van der Waals surface area contributed by atoms with E-state index in [0.29, 0.717) is 0 Å². The van der Waals surface area contributed by atoms with Crippen LogP contribution in [0.25, 0.3) is 0 Å². The number of carbonyl (C=O) groups excluding carboxylic acids is 1. The van der Waals surface area contributed by atoms with Gasteiger partial charge in [-0.1, -0.05) is 12.1 Å². The van der Waals surface area contributed by atoms with Crippen molar-refractivity contribution in [2.24, 2.45) is 0 Å². The third kappa shape index (κ3) is 4.43. The van der Waals surface area contributed by atoms with Gasteiger partial charge in [0.25, 0.3) is 9.05 Å². The molecule has 0 N–H and O–H groups in total. The fourth-order valence-electron chi connectivity index (χ4n) is 1.49. The first kappa shape index (κ1) is 15.8. The summed E-state index contributed by atoms with van der Waals surface area (Å²) in [6, 6.07) is 4.64. The summed E-state index contributed by atoms with van der Waals surface area (Å²) in [5, 5.41) is 0. The number of carbonyl (C=O) groups is 1.